The molecule has 1 aromatic heterocycles. The van der Waals surface area contributed by atoms with Gasteiger partial charge in [0.05, 0.1) is 11.0 Å². The third-order valence-electron chi connectivity index (χ3n) is 3.46. The molecule has 2 atom stereocenters. The standard InChI is InChI=1S/C14H22N4O4/c1-10-5-11(17-9-12(6-15-17)18(20)21)8-16(7-10)13(19)22-14(2,3)4/h6,9-11H,5,7-8H2,1-4H3/t10-,11+/m1/s1. The average Bonchev–Trinajstić information content (AvgIpc) is 2.85. The predicted molar refractivity (Wildman–Crippen MR) is 79.5 cm³/mol. The van der Waals surface area contributed by atoms with Gasteiger partial charge in [0.25, 0.3) is 0 Å². The van der Waals surface area contributed by atoms with Gasteiger partial charge < -0.3 is 9.64 Å². The minimum atomic E-state index is -0.544. The van der Waals surface area contributed by atoms with Crippen molar-refractivity contribution in [2.45, 2.75) is 45.8 Å². The highest BCUT2D eigenvalue weighted by atomic mass is 16.6. The molecule has 122 valence electrons. The van der Waals surface area contributed by atoms with Gasteiger partial charge in [-0.05, 0) is 33.1 Å². The van der Waals surface area contributed by atoms with Crippen molar-refractivity contribution in [2.75, 3.05) is 13.1 Å². The van der Waals surface area contributed by atoms with E-state index in [4.69, 9.17) is 4.74 Å². The summed E-state index contributed by atoms with van der Waals surface area (Å²) in [5.74, 6) is 0.273. The van der Waals surface area contributed by atoms with Crippen molar-refractivity contribution in [3.63, 3.8) is 0 Å². The molecule has 0 saturated carbocycles. The van der Waals surface area contributed by atoms with Gasteiger partial charge in [-0.1, -0.05) is 6.92 Å². The number of aromatic nitrogens is 2. The Balaban J connectivity index is 2.10. The molecule has 1 amide bonds. The number of hydrogen-bond donors (Lipinski definition) is 0. The van der Waals surface area contributed by atoms with Crippen LogP contribution in [0.15, 0.2) is 12.4 Å². The molecule has 1 aliphatic heterocycles. The molecule has 1 aromatic rings. The summed E-state index contributed by atoms with van der Waals surface area (Å²) in [5, 5.41) is 14.8. The van der Waals surface area contributed by atoms with Crippen LogP contribution in [0.1, 0.15) is 40.2 Å². The molecule has 22 heavy (non-hydrogen) atoms. The number of ether oxygens (including phenoxy) is 1. The molecule has 0 N–H and O–H groups in total. The van der Waals surface area contributed by atoms with Gasteiger partial charge in [0, 0.05) is 13.1 Å². The van der Waals surface area contributed by atoms with Crippen molar-refractivity contribution >= 4 is 11.8 Å². The second kappa shape index (κ2) is 5.94. The van der Waals surface area contributed by atoms with E-state index < -0.39 is 10.5 Å². The van der Waals surface area contributed by atoms with Crippen LogP contribution >= 0.6 is 0 Å². The van der Waals surface area contributed by atoms with E-state index in [1.807, 2.05) is 27.7 Å². The molecule has 2 heterocycles. The number of piperidine rings is 1. The van der Waals surface area contributed by atoms with E-state index >= 15 is 0 Å². The molecule has 0 bridgehead atoms. The van der Waals surface area contributed by atoms with Crippen molar-refractivity contribution in [2.24, 2.45) is 5.92 Å². The normalized spacial score (nSPS) is 22.5. The molecule has 1 aliphatic rings. The summed E-state index contributed by atoms with van der Waals surface area (Å²) in [4.78, 5) is 24.2. The summed E-state index contributed by atoms with van der Waals surface area (Å²) >= 11 is 0. The summed E-state index contributed by atoms with van der Waals surface area (Å²) < 4.78 is 6.98. The molecular weight excluding hydrogens is 288 g/mol. The first-order valence-electron chi connectivity index (χ1n) is 7.32. The van der Waals surface area contributed by atoms with Crippen LogP contribution in [0, 0.1) is 16.0 Å². The highest BCUT2D eigenvalue weighted by molar-refractivity contribution is 5.68. The van der Waals surface area contributed by atoms with Crippen LogP contribution in [0.5, 0.6) is 0 Å². The summed E-state index contributed by atoms with van der Waals surface area (Å²) in [6.07, 6.45) is 3.11. The van der Waals surface area contributed by atoms with Crippen LogP contribution in [0.25, 0.3) is 0 Å². The topological polar surface area (TPSA) is 90.5 Å². The number of likely N-dealkylation sites (tertiary alicyclic amines) is 1. The van der Waals surface area contributed by atoms with E-state index in [2.05, 4.69) is 5.10 Å². The maximum Gasteiger partial charge on any atom is 0.410 e. The maximum atomic E-state index is 12.2. The monoisotopic (exact) mass is 310 g/mol. The molecule has 8 heteroatoms. The van der Waals surface area contributed by atoms with Crippen molar-refractivity contribution < 1.29 is 14.5 Å². The lowest BCUT2D eigenvalue weighted by molar-refractivity contribution is -0.385. The molecule has 1 fully saturated rings. The fourth-order valence-corrected chi connectivity index (χ4v) is 2.61. The van der Waals surface area contributed by atoms with Gasteiger partial charge >= 0.3 is 11.8 Å². The molecular formula is C14H22N4O4. The molecule has 0 radical (unpaired) electrons. The Kier molecular flexibility index (Phi) is 4.39. The lowest BCUT2D eigenvalue weighted by Crippen LogP contribution is -2.46. The van der Waals surface area contributed by atoms with Crippen LogP contribution in [0.3, 0.4) is 0 Å². The van der Waals surface area contributed by atoms with Gasteiger partial charge in [0.2, 0.25) is 0 Å². The van der Waals surface area contributed by atoms with Crippen molar-refractivity contribution in [3.8, 4) is 0 Å². The van der Waals surface area contributed by atoms with E-state index in [1.165, 1.54) is 12.4 Å². The number of amides is 1. The third kappa shape index (κ3) is 3.96. The minimum absolute atomic E-state index is 0.0398. The maximum absolute atomic E-state index is 12.2. The fourth-order valence-electron chi connectivity index (χ4n) is 2.61. The quantitative estimate of drug-likeness (QED) is 0.618. The zero-order chi connectivity index (χ0) is 16.5. The number of nitro groups is 1. The van der Waals surface area contributed by atoms with E-state index in [9.17, 15) is 14.9 Å². The summed E-state index contributed by atoms with van der Waals surface area (Å²) in [6, 6.07) is -0.0787. The lowest BCUT2D eigenvalue weighted by Gasteiger charge is -2.37. The molecule has 0 spiro atoms. The number of rotatable bonds is 2. The fraction of sp³-hybridized carbons (Fsp3) is 0.714. The first-order valence-corrected chi connectivity index (χ1v) is 7.32. The van der Waals surface area contributed by atoms with Gasteiger partial charge in [0.1, 0.15) is 18.0 Å². The zero-order valence-electron chi connectivity index (χ0n) is 13.4. The van der Waals surface area contributed by atoms with E-state index in [1.54, 1.807) is 9.58 Å². The van der Waals surface area contributed by atoms with Crippen molar-refractivity contribution in [1.29, 1.82) is 0 Å². The molecule has 0 unspecified atom stereocenters. The smallest absolute Gasteiger partial charge is 0.410 e. The molecule has 8 nitrogen and oxygen atoms in total. The number of nitrogens with zero attached hydrogens (tertiary/aromatic N) is 4. The minimum Gasteiger partial charge on any atom is -0.444 e. The molecule has 0 aromatic carbocycles. The highest BCUT2D eigenvalue weighted by Gasteiger charge is 2.32. The Morgan fingerprint density at radius 1 is 1.45 bits per heavy atom. The Hall–Kier alpha value is -2.12. The average molecular weight is 310 g/mol. The first kappa shape index (κ1) is 16.3. The highest BCUT2D eigenvalue weighted by Crippen LogP contribution is 2.27. The lowest BCUT2D eigenvalue weighted by atomic mass is 9.96. The van der Waals surface area contributed by atoms with Crippen molar-refractivity contribution in [3.05, 3.63) is 22.5 Å². The summed E-state index contributed by atoms with van der Waals surface area (Å²) in [7, 11) is 0. The molecule has 1 saturated heterocycles. The molecule has 2 rings (SSSR count). The van der Waals surface area contributed by atoms with Gasteiger partial charge in [-0.15, -0.1) is 0 Å². The largest absolute Gasteiger partial charge is 0.444 e. The Labute approximate surface area is 129 Å². The number of carbonyl (C=O) groups is 1. The Morgan fingerprint density at radius 3 is 2.68 bits per heavy atom. The Bertz CT molecular complexity index is 563. The second-order valence-electron chi connectivity index (χ2n) is 6.82. The summed E-state index contributed by atoms with van der Waals surface area (Å²) in [5.41, 5.74) is -0.584. The first-order chi connectivity index (χ1) is 10.2. The van der Waals surface area contributed by atoms with Gasteiger partial charge in [-0.25, -0.2) is 4.79 Å². The van der Waals surface area contributed by atoms with Crippen LogP contribution in [0.2, 0.25) is 0 Å². The van der Waals surface area contributed by atoms with Gasteiger partial charge in [-0.2, -0.15) is 5.10 Å². The van der Waals surface area contributed by atoms with E-state index in [0.29, 0.717) is 13.1 Å². The van der Waals surface area contributed by atoms with Crippen LogP contribution in [0.4, 0.5) is 10.5 Å². The molecule has 0 aliphatic carbocycles. The van der Waals surface area contributed by atoms with E-state index in [-0.39, 0.29) is 23.7 Å². The zero-order valence-corrected chi connectivity index (χ0v) is 13.4. The Morgan fingerprint density at radius 2 is 2.14 bits per heavy atom. The SMILES string of the molecule is C[C@@H]1C[C@H](n2cc([N+](=O)[O-])cn2)CN(C(=O)OC(C)(C)C)C1. The summed E-state index contributed by atoms with van der Waals surface area (Å²) in [6.45, 7) is 8.58. The van der Waals surface area contributed by atoms with Crippen LogP contribution in [-0.2, 0) is 4.74 Å². The van der Waals surface area contributed by atoms with Crippen molar-refractivity contribution in [1.82, 2.24) is 14.7 Å². The number of carbonyl (C=O) groups excluding carboxylic acids is 1. The predicted octanol–water partition coefficient (Wildman–Crippen LogP) is 2.61. The van der Waals surface area contributed by atoms with Gasteiger partial charge in [-0.3, -0.25) is 14.8 Å². The third-order valence-corrected chi connectivity index (χ3v) is 3.46. The van der Waals surface area contributed by atoms with E-state index in [0.717, 1.165) is 6.42 Å². The van der Waals surface area contributed by atoms with Crippen LogP contribution in [-0.4, -0.2) is 44.4 Å². The second-order valence-corrected chi connectivity index (χ2v) is 6.82. The van der Waals surface area contributed by atoms with Gasteiger partial charge in [0.15, 0.2) is 0 Å². The number of hydrogen-bond acceptors (Lipinski definition) is 5. The van der Waals surface area contributed by atoms with Crippen LogP contribution < -0.4 is 0 Å².